The van der Waals surface area contributed by atoms with E-state index in [-0.39, 0.29) is 16.9 Å². The molecule has 0 aromatic carbocycles. The molecule has 2 saturated carbocycles. The maximum Gasteiger partial charge on any atom is 0.274 e. The highest BCUT2D eigenvalue weighted by molar-refractivity contribution is 5.96. The number of carbonyl (C=O) groups excluding carboxylic acids is 1. The monoisotopic (exact) mass is 328 g/mol. The van der Waals surface area contributed by atoms with E-state index in [1.165, 1.54) is 18.6 Å². The van der Waals surface area contributed by atoms with Crippen LogP contribution in [0.2, 0.25) is 0 Å². The smallest absolute Gasteiger partial charge is 0.274 e. The largest absolute Gasteiger partial charge is 0.389 e. The minimum Gasteiger partial charge on any atom is -0.389 e. The van der Waals surface area contributed by atoms with Crippen molar-refractivity contribution in [3.63, 3.8) is 0 Å². The Labute approximate surface area is 141 Å². The number of hydrogen-bond acceptors (Lipinski definition) is 4. The summed E-state index contributed by atoms with van der Waals surface area (Å²) in [7, 11) is 0. The topological polar surface area (TPSA) is 59.7 Å². The van der Waals surface area contributed by atoms with Crippen molar-refractivity contribution in [1.82, 2.24) is 14.5 Å². The molecule has 3 atom stereocenters. The zero-order valence-corrected chi connectivity index (χ0v) is 14.5. The summed E-state index contributed by atoms with van der Waals surface area (Å²) >= 11 is 0. The van der Waals surface area contributed by atoms with E-state index >= 15 is 0 Å². The highest BCUT2D eigenvalue weighted by atomic mass is 16.7. The zero-order chi connectivity index (χ0) is 16.7. The second-order valence-electron chi connectivity index (χ2n) is 8.71. The number of carbonyl (C=O) groups is 1. The number of imidazole rings is 1. The molecule has 2 aliphatic heterocycles. The van der Waals surface area contributed by atoms with Gasteiger partial charge in [-0.15, -0.1) is 0 Å². The Morgan fingerprint density at radius 2 is 1.96 bits per heavy atom. The predicted octanol–water partition coefficient (Wildman–Crippen LogP) is 2.48. The van der Waals surface area contributed by atoms with Gasteiger partial charge in [-0.05, 0) is 38.5 Å². The summed E-state index contributed by atoms with van der Waals surface area (Å²) in [6.07, 6.45) is 7.03. The number of likely N-dealkylation sites (tertiary alicyclic amines) is 1. The van der Waals surface area contributed by atoms with Gasteiger partial charge < -0.3 is 14.3 Å². The average Bonchev–Trinajstić information content (AvgIpc) is 3.23. The first-order chi connectivity index (χ1) is 11.4. The first-order valence-electron chi connectivity index (χ1n) is 8.97. The molecule has 3 fully saturated rings. The quantitative estimate of drug-likeness (QED) is 0.856. The Balaban J connectivity index is 1.26. The van der Waals surface area contributed by atoms with E-state index in [4.69, 9.17) is 4.84 Å². The standard InChI is InChI=1S/C18H24N4O2/c1-17(2)6-15(20-24-17)18(3)12-7-21(8-13(12)18)16(23)14-9-22(10-19-14)11-4-5-11/h9-13H,4-8H2,1-3H3/t12-,13+,18+. The Kier molecular flexibility index (Phi) is 2.66. The lowest BCUT2D eigenvalue weighted by molar-refractivity contribution is 0.0123. The number of amides is 1. The van der Waals surface area contributed by atoms with Gasteiger partial charge in [0.25, 0.3) is 5.91 Å². The number of piperidine rings is 1. The van der Waals surface area contributed by atoms with E-state index in [0.717, 1.165) is 19.5 Å². The van der Waals surface area contributed by atoms with Crippen LogP contribution in [0.1, 0.15) is 56.6 Å². The Morgan fingerprint density at radius 1 is 1.25 bits per heavy atom. The van der Waals surface area contributed by atoms with Crippen molar-refractivity contribution in [3.8, 4) is 0 Å². The van der Waals surface area contributed by atoms with Gasteiger partial charge in [-0.3, -0.25) is 4.79 Å². The SMILES string of the molecule is CC1(C)CC([C@@]2(C)[C@@H]3CN(C(=O)c4cn(C5CC5)cn4)C[C@@H]32)=NO1. The van der Waals surface area contributed by atoms with Crippen LogP contribution in [0.5, 0.6) is 0 Å². The summed E-state index contributed by atoms with van der Waals surface area (Å²) in [5, 5.41) is 4.36. The molecule has 128 valence electrons. The Morgan fingerprint density at radius 3 is 2.54 bits per heavy atom. The number of nitrogens with zero attached hydrogens (tertiary/aromatic N) is 4. The molecule has 2 aliphatic carbocycles. The van der Waals surface area contributed by atoms with E-state index in [1.807, 2.05) is 11.1 Å². The lowest BCUT2D eigenvalue weighted by Crippen LogP contribution is -2.36. The summed E-state index contributed by atoms with van der Waals surface area (Å²) in [5.74, 6) is 1.11. The third-order valence-corrected chi connectivity index (χ3v) is 6.45. The summed E-state index contributed by atoms with van der Waals surface area (Å²) in [6, 6.07) is 0.568. The molecule has 0 unspecified atom stereocenters. The molecule has 6 heteroatoms. The molecule has 4 aliphatic rings. The molecule has 0 spiro atoms. The predicted molar refractivity (Wildman–Crippen MR) is 88.7 cm³/mol. The molecule has 1 saturated heterocycles. The summed E-state index contributed by atoms with van der Waals surface area (Å²) < 4.78 is 2.08. The second kappa shape index (κ2) is 4.41. The number of oxime groups is 1. The summed E-state index contributed by atoms with van der Waals surface area (Å²) in [5.41, 5.74) is 1.72. The number of fused-ring (bicyclic) bond motifs is 1. The Bertz CT molecular complexity index is 734. The maximum atomic E-state index is 12.7. The first kappa shape index (κ1) is 14.5. The summed E-state index contributed by atoms with van der Waals surface area (Å²) in [4.78, 5) is 24.5. The molecule has 5 rings (SSSR count). The fourth-order valence-corrected chi connectivity index (χ4v) is 4.59. The minimum absolute atomic E-state index is 0.0777. The third-order valence-electron chi connectivity index (χ3n) is 6.45. The highest BCUT2D eigenvalue weighted by Gasteiger charge is 2.69. The van der Waals surface area contributed by atoms with Crippen molar-refractivity contribution in [2.45, 2.75) is 51.7 Å². The molecule has 0 N–H and O–H groups in total. The number of hydrogen-bond donors (Lipinski definition) is 0. The zero-order valence-electron chi connectivity index (χ0n) is 14.5. The van der Waals surface area contributed by atoms with E-state index in [9.17, 15) is 4.79 Å². The van der Waals surface area contributed by atoms with Crippen LogP contribution in [0.15, 0.2) is 17.7 Å². The van der Waals surface area contributed by atoms with Crippen molar-refractivity contribution >= 4 is 11.6 Å². The van der Waals surface area contributed by atoms with Crippen molar-refractivity contribution in [2.75, 3.05) is 13.1 Å². The van der Waals surface area contributed by atoms with Gasteiger partial charge in [0.2, 0.25) is 0 Å². The lowest BCUT2D eigenvalue weighted by Gasteiger charge is -2.23. The van der Waals surface area contributed by atoms with Crippen LogP contribution in [0.4, 0.5) is 0 Å². The van der Waals surface area contributed by atoms with Gasteiger partial charge >= 0.3 is 0 Å². The molecule has 3 heterocycles. The highest BCUT2D eigenvalue weighted by Crippen LogP contribution is 2.64. The van der Waals surface area contributed by atoms with Gasteiger partial charge in [0, 0.05) is 37.2 Å². The number of rotatable bonds is 3. The first-order valence-corrected chi connectivity index (χ1v) is 8.97. The molecule has 6 nitrogen and oxygen atoms in total. The molecule has 0 radical (unpaired) electrons. The second-order valence-corrected chi connectivity index (χ2v) is 8.71. The van der Waals surface area contributed by atoms with Gasteiger partial charge in [0.05, 0.1) is 12.0 Å². The van der Waals surface area contributed by atoms with Crippen LogP contribution in [0, 0.1) is 17.3 Å². The van der Waals surface area contributed by atoms with Crippen LogP contribution in [0.25, 0.3) is 0 Å². The fraction of sp³-hybridized carbons (Fsp3) is 0.722. The van der Waals surface area contributed by atoms with Gasteiger partial charge in [-0.25, -0.2) is 4.98 Å². The van der Waals surface area contributed by atoms with Crippen LogP contribution >= 0.6 is 0 Å². The van der Waals surface area contributed by atoms with Crippen LogP contribution in [0.3, 0.4) is 0 Å². The van der Waals surface area contributed by atoms with Crippen molar-refractivity contribution < 1.29 is 9.63 Å². The Hall–Kier alpha value is -1.85. The van der Waals surface area contributed by atoms with Crippen molar-refractivity contribution in [2.24, 2.45) is 22.4 Å². The van der Waals surface area contributed by atoms with E-state index in [0.29, 0.717) is 23.6 Å². The van der Waals surface area contributed by atoms with Crippen LogP contribution in [-0.2, 0) is 4.84 Å². The van der Waals surface area contributed by atoms with Crippen LogP contribution < -0.4 is 0 Å². The van der Waals surface area contributed by atoms with E-state index in [1.54, 1.807) is 6.33 Å². The van der Waals surface area contributed by atoms with E-state index < -0.39 is 0 Å². The van der Waals surface area contributed by atoms with Gasteiger partial charge in [-0.1, -0.05) is 12.1 Å². The number of aromatic nitrogens is 2. The molecular formula is C18H24N4O2. The van der Waals surface area contributed by atoms with Gasteiger partial charge in [0.1, 0.15) is 11.3 Å². The molecular weight excluding hydrogens is 304 g/mol. The van der Waals surface area contributed by atoms with Crippen molar-refractivity contribution in [3.05, 3.63) is 18.2 Å². The van der Waals surface area contributed by atoms with E-state index in [2.05, 4.69) is 35.5 Å². The minimum atomic E-state index is -0.180. The fourth-order valence-electron chi connectivity index (χ4n) is 4.59. The molecule has 1 aromatic rings. The molecule has 24 heavy (non-hydrogen) atoms. The van der Waals surface area contributed by atoms with Crippen molar-refractivity contribution in [1.29, 1.82) is 0 Å². The van der Waals surface area contributed by atoms with Gasteiger partial charge in [0.15, 0.2) is 0 Å². The van der Waals surface area contributed by atoms with Gasteiger partial charge in [-0.2, -0.15) is 0 Å². The normalized spacial score (nSPS) is 36.3. The molecule has 1 amide bonds. The summed E-state index contributed by atoms with van der Waals surface area (Å²) in [6.45, 7) is 8.08. The average molecular weight is 328 g/mol. The third kappa shape index (κ3) is 1.98. The maximum absolute atomic E-state index is 12.7. The lowest BCUT2D eigenvalue weighted by atomic mass is 9.88. The van der Waals surface area contributed by atoms with Crippen LogP contribution in [-0.4, -0.2) is 44.8 Å². The molecule has 1 aromatic heterocycles. The molecule has 0 bridgehead atoms.